The number of carboxylic acid groups (broad SMARTS) is 1. The van der Waals surface area contributed by atoms with Gasteiger partial charge in [-0.1, -0.05) is 0 Å². The molecule has 0 atom stereocenters. The van der Waals surface area contributed by atoms with E-state index in [1.54, 1.807) is 0 Å². The number of fused-ring (bicyclic) bond motifs is 1. The van der Waals surface area contributed by atoms with E-state index in [0.717, 1.165) is 6.92 Å². The van der Waals surface area contributed by atoms with Crippen LogP contribution in [-0.2, 0) is 4.79 Å². The van der Waals surface area contributed by atoms with Gasteiger partial charge in [0.2, 0.25) is 5.78 Å². The highest BCUT2D eigenvalue weighted by Gasteiger charge is 2.22. The average molecular weight is 261 g/mol. The lowest BCUT2D eigenvalue weighted by atomic mass is 10.0. The fraction of sp³-hybridized carbons (Fsp3) is 0.154. The van der Waals surface area contributed by atoms with Crippen LogP contribution in [0.25, 0.3) is 10.9 Å². The molecular formula is C13H11NO5. The first kappa shape index (κ1) is 12.8. The lowest BCUT2D eigenvalue weighted by Gasteiger charge is -2.05. The largest absolute Gasteiger partial charge is 0.496 e. The third-order valence-electron chi connectivity index (χ3n) is 2.81. The van der Waals surface area contributed by atoms with Crippen LogP contribution in [0.1, 0.15) is 27.6 Å². The summed E-state index contributed by atoms with van der Waals surface area (Å²) in [4.78, 5) is 36.8. The van der Waals surface area contributed by atoms with E-state index in [4.69, 9.17) is 9.84 Å². The standard InChI is InChI=1S/C13H11NO5/c1-6(15)12(16)8-5-14-11-7(13(17)18)3-4-9(19-2)10(8)11/h3-5,14H,1-2H3,(H,17,18). The third kappa shape index (κ3) is 1.97. The van der Waals surface area contributed by atoms with Crippen molar-refractivity contribution in [2.75, 3.05) is 7.11 Å². The number of aromatic nitrogens is 1. The smallest absolute Gasteiger partial charge is 0.337 e. The van der Waals surface area contributed by atoms with Crippen molar-refractivity contribution in [1.82, 2.24) is 4.98 Å². The Labute approximate surface area is 108 Å². The van der Waals surface area contributed by atoms with E-state index < -0.39 is 17.5 Å². The number of H-pyrrole nitrogens is 1. The minimum absolute atomic E-state index is 0.0124. The van der Waals surface area contributed by atoms with Gasteiger partial charge in [-0.15, -0.1) is 0 Å². The molecule has 1 aromatic heterocycles. The van der Waals surface area contributed by atoms with Crippen molar-refractivity contribution in [3.63, 3.8) is 0 Å². The number of hydrogen-bond acceptors (Lipinski definition) is 4. The van der Waals surface area contributed by atoms with E-state index in [-0.39, 0.29) is 16.6 Å². The number of ketones is 2. The lowest BCUT2D eigenvalue weighted by Crippen LogP contribution is -2.09. The molecule has 2 N–H and O–H groups in total. The SMILES string of the molecule is COc1ccc(C(=O)O)c2[nH]cc(C(=O)C(C)=O)c12. The normalized spacial score (nSPS) is 10.4. The first-order valence-corrected chi connectivity index (χ1v) is 5.44. The molecule has 6 nitrogen and oxygen atoms in total. The van der Waals surface area contributed by atoms with E-state index >= 15 is 0 Å². The first-order chi connectivity index (χ1) is 8.97. The van der Waals surface area contributed by atoms with Crippen LogP contribution in [0.2, 0.25) is 0 Å². The number of nitrogens with one attached hydrogen (secondary N) is 1. The highest BCUT2D eigenvalue weighted by molar-refractivity contribution is 6.45. The second-order valence-electron chi connectivity index (χ2n) is 3.96. The maximum absolute atomic E-state index is 11.8. The van der Waals surface area contributed by atoms with Gasteiger partial charge in [0, 0.05) is 13.1 Å². The van der Waals surface area contributed by atoms with Crippen LogP contribution in [0.5, 0.6) is 5.75 Å². The molecule has 2 aromatic rings. The maximum atomic E-state index is 11.8. The molecule has 0 amide bonds. The number of carbonyl (C=O) groups is 3. The number of carbonyl (C=O) groups excluding carboxylic acids is 2. The Bertz CT molecular complexity index is 698. The van der Waals surface area contributed by atoms with Gasteiger partial charge in [-0.05, 0) is 12.1 Å². The molecule has 0 saturated carbocycles. The summed E-state index contributed by atoms with van der Waals surface area (Å²) < 4.78 is 5.11. The fourth-order valence-corrected chi connectivity index (χ4v) is 1.93. The van der Waals surface area contributed by atoms with Crippen LogP contribution in [0.3, 0.4) is 0 Å². The predicted octanol–water partition coefficient (Wildman–Crippen LogP) is 1.65. The molecule has 0 spiro atoms. The van der Waals surface area contributed by atoms with Gasteiger partial charge in [-0.2, -0.15) is 0 Å². The number of aromatic carboxylic acids is 1. The van der Waals surface area contributed by atoms with Gasteiger partial charge in [0.05, 0.1) is 29.1 Å². The monoisotopic (exact) mass is 261 g/mol. The molecule has 0 aliphatic heterocycles. The summed E-state index contributed by atoms with van der Waals surface area (Å²) in [6, 6.07) is 2.83. The number of benzene rings is 1. The van der Waals surface area contributed by atoms with Crippen molar-refractivity contribution >= 4 is 28.4 Å². The Balaban J connectivity index is 2.82. The Morgan fingerprint density at radius 3 is 2.42 bits per heavy atom. The highest BCUT2D eigenvalue weighted by Crippen LogP contribution is 2.31. The number of hydrogen-bond donors (Lipinski definition) is 2. The highest BCUT2D eigenvalue weighted by atomic mass is 16.5. The summed E-state index contributed by atoms with van der Waals surface area (Å²) >= 11 is 0. The molecule has 0 bridgehead atoms. The van der Waals surface area contributed by atoms with Gasteiger partial charge in [0.25, 0.3) is 0 Å². The van der Waals surface area contributed by atoms with Crippen molar-refractivity contribution in [1.29, 1.82) is 0 Å². The number of rotatable bonds is 4. The van der Waals surface area contributed by atoms with E-state index in [1.807, 2.05) is 0 Å². The summed E-state index contributed by atoms with van der Waals surface area (Å²) in [5.41, 5.74) is 0.386. The molecular weight excluding hydrogens is 250 g/mol. The van der Waals surface area contributed by atoms with E-state index in [9.17, 15) is 14.4 Å². The number of aromatic amines is 1. The molecule has 19 heavy (non-hydrogen) atoms. The topological polar surface area (TPSA) is 96.5 Å². The molecule has 0 aliphatic carbocycles. The van der Waals surface area contributed by atoms with Crippen molar-refractivity contribution in [3.8, 4) is 5.75 Å². The van der Waals surface area contributed by atoms with E-state index in [2.05, 4.69) is 4.98 Å². The van der Waals surface area contributed by atoms with Gasteiger partial charge < -0.3 is 14.8 Å². The molecule has 2 rings (SSSR count). The molecule has 98 valence electrons. The van der Waals surface area contributed by atoms with Crippen LogP contribution >= 0.6 is 0 Å². The van der Waals surface area contributed by atoms with Crippen LogP contribution in [0.15, 0.2) is 18.3 Å². The average Bonchev–Trinajstić information content (AvgIpc) is 2.80. The van der Waals surface area contributed by atoms with E-state index in [1.165, 1.54) is 25.4 Å². The zero-order valence-corrected chi connectivity index (χ0v) is 10.3. The number of ether oxygens (including phenoxy) is 1. The van der Waals surface area contributed by atoms with Gasteiger partial charge in [0.15, 0.2) is 5.78 Å². The molecule has 6 heteroatoms. The number of Topliss-reactive ketones (excluding diaryl/α,β-unsaturated/α-hetero) is 2. The molecule has 0 aliphatic rings. The summed E-state index contributed by atoms with van der Waals surface area (Å²) in [5, 5.41) is 9.40. The minimum atomic E-state index is -1.13. The summed E-state index contributed by atoms with van der Waals surface area (Å²) in [7, 11) is 1.41. The Hall–Kier alpha value is -2.63. The zero-order valence-electron chi connectivity index (χ0n) is 10.3. The summed E-state index contributed by atoms with van der Waals surface area (Å²) in [5.74, 6) is -2.10. The van der Waals surface area contributed by atoms with Gasteiger partial charge in [-0.25, -0.2) is 4.79 Å². The van der Waals surface area contributed by atoms with Crippen LogP contribution < -0.4 is 4.74 Å². The predicted molar refractivity (Wildman–Crippen MR) is 66.8 cm³/mol. The second kappa shape index (κ2) is 4.56. The van der Waals surface area contributed by atoms with Crippen molar-refractivity contribution in [2.24, 2.45) is 0 Å². The van der Waals surface area contributed by atoms with Crippen molar-refractivity contribution in [3.05, 3.63) is 29.5 Å². The Morgan fingerprint density at radius 2 is 1.89 bits per heavy atom. The fourth-order valence-electron chi connectivity index (χ4n) is 1.93. The number of methoxy groups -OCH3 is 1. The second-order valence-corrected chi connectivity index (χ2v) is 3.96. The molecule has 0 unspecified atom stereocenters. The van der Waals surface area contributed by atoms with Crippen LogP contribution in [0, 0.1) is 0 Å². The quantitative estimate of drug-likeness (QED) is 0.644. The third-order valence-corrected chi connectivity index (χ3v) is 2.81. The molecule has 0 saturated heterocycles. The molecule has 0 radical (unpaired) electrons. The van der Waals surface area contributed by atoms with Crippen molar-refractivity contribution < 1.29 is 24.2 Å². The number of carboxylic acids is 1. The zero-order chi connectivity index (χ0) is 14.2. The summed E-state index contributed by atoms with van der Waals surface area (Å²) in [6.45, 7) is 1.16. The van der Waals surface area contributed by atoms with Gasteiger partial charge in [-0.3, -0.25) is 9.59 Å². The minimum Gasteiger partial charge on any atom is -0.496 e. The first-order valence-electron chi connectivity index (χ1n) is 5.44. The molecule has 1 heterocycles. The van der Waals surface area contributed by atoms with Crippen molar-refractivity contribution in [2.45, 2.75) is 6.92 Å². The van der Waals surface area contributed by atoms with Gasteiger partial charge in [0.1, 0.15) is 5.75 Å². The van der Waals surface area contributed by atoms with E-state index in [0.29, 0.717) is 11.1 Å². The summed E-state index contributed by atoms with van der Waals surface area (Å²) in [6.07, 6.45) is 1.32. The van der Waals surface area contributed by atoms with Crippen LogP contribution in [-0.4, -0.2) is 34.7 Å². The molecule has 0 fully saturated rings. The van der Waals surface area contributed by atoms with Crippen LogP contribution in [0.4, 0.5) is 0 Å². The van der Waals surface area contributed by atoms with Gasteiger partial charge >= 0.3 is 5.97 Å². The maximum Gasteiger partial charge on any atom is 0.337 e. The lowest BCUT2D eigenvalue weighted by molar-refractivity contribution is -0.113. The molecule has 1 aromatic carbocycles. The Morgan fingerprint density at radius 1 is 1.21 bits per heavy atom. The Kier molecular flexibility index (Phi) is 3.08.